The third-order valence-corrected chi connectivity index (χ3v) is 3.11. The summed E-state index contributed by atoms with van der Waals surface area (Å²) in [6.45, 7) is 9.95. The average Bonchev–Trinajstić information content (AvgIpc) is 2.76. The number of hydrogen-bond donors (Lipinski definition) is 2. The quantitative estimate of drug-likeness (QED) is 0.545. The second kappa shape index (κ2) is 7.16. The van der Waals surface area contributed by atoms with E-state index in [-0.39, 0.29) is 5.84 Å². The number of hydrogen-bond acceptors (Lipinski definition) is 3. The van der Waals surface area contributed by atoms with Crippen LogP contribution in [-0.2, 0) is 19.5 Å². The maximum Gasteiger partial charge on any atom is 0.0918 e. The average molecular weight is 251 g/mol. The molecule has 5 heteroatoms. The smallest absolute Gasteiger partial charge is 0.0918 e. The highest BCUT2D eigenvalue weighted by Gasteiger charge is 2.10. The Labute approximate surface area is 109 Å². The van der Waals surface area contributed by atoms with Crippen LogP contribution in [0.1, 0.15) is 38.6 Å². The summed E-state index contributed by atoms with van der Waals surface area (Å²) in [5, 5.41) is 11.8. The molecule has 0 bridgehead atoms. The monoisotopic (exact) mass is 251 g/mol. The molecule has 0 atom stereocenters. The molecule has 18 heavy (non-hydrogen) atoms. The zero-order chi connectivity index (χ0) is 13.5. The van der Waals surface area contributed by atoms with Crippen LogP contribution in [0.25, 0.3) is 0 Å². The molecule has 5 nitrogen and oxygen atoms in total. The van der Waals surface area contributed by atoms with Gasteiger partial charge in [0.1, 0.15) is 0 Å². The molecule has 1 heterocycles. The summed E-state index contributed by atoms with van der Waals surface area (Å²) < 4.78 is 2.06. The number of aryl methyl sites for hydroxylation is 2. The van der Waals surface area contributed by atoms with Crippen molar-refractivity contribution in [3.63, 3.8) is 0 Å². The summed E-state index contributed by atoms with van der Waals surface area (Å²) in [7, 11) is 0. The molecule has 0 aliphatic carbocycles. The fourth-order valence-corrected chi connectivity index (χ4v) is 1.95. The van der Waals surface area contributed by atoms with Gasteiger partial charge in [-0.2, -0.15) is 5.10 Å². The van der Waals surface area contributed by atoms with Crippen LogP contribution in [-0.4, -0.2) is 33.6 Å². The Hall–Kier alpha value is -1.36. The molecule has 0 aliphatic heterocycles. The lowest BCUT2D eigenvalue weighted by Crippen LogP contribution is -2.28. The number of nitrogens with one attached hydrogen (secondary N) is 1. The highest BCUT2D eigenvalue weighted by atomic mass is 15.3. The Balaban J connectivity index is 2.68. The minimum atomic E-state index is 0.256. The first-order chi connectivity index (χ1) is 8.60. The molecule has 3 N–H and O–H groups in total. The fraction of sp³-hybridized carbons (Fsp3) is 0.692. The van der Waals surface area contributed by atoms with Gasteiger partial charge in [0, 0.05) is 26.1 Å². The second-order valence-corrected chi connectivity index (χ2v) is 4.44. The molecule has 0 aliphatic rings. The van der Waals surface area contributed by atoms with Crippen molar-refractivity contribution >= 4 is 5.84 Å². The standard InChI is InChI=1S/C13H25N5/c1-4-11-9-12(18(6-3)16-11)10-17(5-2)8-7-13(14)15/h9H,4-8,10H2,1-3H3,(H3,14,15). The van der Waals surface area contributed by atoms with Crippen molar-refractivity contribution in [1.82, 2.24) is 14.7 Å². The van der Waals surface area contributed by atoms with Gasteiger partial charge in [-0.25, -0.2) is 0 Å². The van der Waals surface area contributed by atoms with Gasteiger partial charge >= 0.3 is 0 Å². The molecule has 0 aromatic carbocycles. The van der Waals surface area contributed by atoms with E-state index in [2.05, 4.69) is 41.5 Å². The summed E-state index contributed by atoms with van der Waals surface area (Å²) >= 11 is 0. The SMILES string of the molecule is CCc1cc(CN(CC)CCC(=N)N)n(CC)n1. The Bertz CT molecular complexity index is 383. The van der Waals surface area contributed by atoms with Crippen LogP contribution in [0.5, 0.6) is 0 Å². The molecule has 0 saturated carbocycles. The van der Waals surface area contributed by atoms with Crippen LogP contribution in [0.4, 0.5) is 0 Å². The van der Waals surface area contributed by atoms with E-state index in [0.29, 0.717) is 6.42 Å². The van der Waals surface area contributed by atoms with E-state index in [1.54, 1.807) is 0 Å². The number of nitrogens with zero attached hydrogens (tertiary/aromatic N) is 3. The third kappa shape index (κ3) is 4.14. The van der Waals surface area contributed by atoms with Crippen molar-refractivity contribution in [2.24, 2.45) is 5.73 Å². The summed E-state index contributed by atoms with van der Waals surface area (Å²) in [5.41, 5.74) is 7.81. The van der Waals surface area contributed by atoms with Crippen LogP contribution in [0, 0.1) is 5.41 Å². The number of amidine groups is 1. The molecule has 0 spiro atoms. The molecular weight excluding hydrogens is 226 g/mol. The molecule has 0 unspecified atom stereocenters. The zero-order valence-corrected chi connectivity index (χ0v) is 11.7. The summed E-state index contributed by atoms with van der Waals surface area (Å²) in [6.07, 6.45) is 1.61. The van der Waals surface area contributed by atoms with Crippen LogP contribution in [0.15, 0.2) is 6.07 Å². The molecule has 1 rings (SSSR count). The van der Waals surface area contributed by atoms with Crippen molar-refractivity contribution in [3.8, 4) is 0 Å². The van der Waals surface area contributed by atoms with E-state index in [9.17, 15) is 0 Å². The van der Waals surface area contributed by atoms with Crippen LogP contribution in [0.2, 0.25) is 0 Å². The van der Waals surface area contributed by atoms with E-state index >= 15 is 0 Å². The highest BCUT2D eigenvalue weighted by Crippen LogP contribution is 2.09. The van der Waals surface area contributed by atoms with Gasteiger partial charge in [0.2, 0.25) is 0 Å². The first kappa shape index (κ1) is 14.7. The van der Waals surface area contributed by atoms with Gasteiger partial charge in [-0.05, 0) is 26.0 Å². The zero-order valence-electron chi connectivity index (χ0n) is 11.7. The molecule has 102 valence electrons. The minimum Gasteiger partial charge on any atom is -0.388 e. The Morgan fingerprint density at radius 3 is 2.67 bits per heavy atom. The van der Waals surface area contributed by atoms with Gasteiger partial charge in [-0.1, -0.05) is 13.8 Å². The summed E-state index contributed by atoms with van der Waals surface area (Å²) in [4.78, 5) is 2.30. The van der Waals surface area contributed by atoms with Crippen molar-refractivity contribution in [2.75, 3.05) is 13.1 Å². The lowest BCUT2D eigenvalue weighted by molar-refractivity contribution is 0.278. The van der Waals surface area contributed by atoms with Gasteiger partial charge < -0.3 is 5.73 Å². The highest BCUT2D eigenvalue weighted by molar-refractivity contribution is 5.76. The molecule has 0 amide bonds. The second-order valence-electron chi connectivity index (χ2n) is 4.44. The van der Waals surface area contributed by atoms with E-state index in [4.69, 9.17) is 11.1 Å². The first-order valence-corrected chi connectivity index (χ1v) is 6.71. The largest absolute Gasteiger partial charge is 0.388 e. The molecule has 0 radical (unpaired) electrons. The van der Waals surface area contributed by atoms with Crippen molar-refractivity contribution < 1.29 is 0 Å². The molecule has 1 aromatic heterocycles. The first-order valence-electron chi connectivity index (χ1n) is 6.71. The topological polar surface area (TPSA) is 70.9 Å². The summed E-state index contributed by atoms with van der Waals surface area (Å²) in [5.74, 6) is 0.256. The van der Waals surface area contributed by atoms with E-state index in [1.165, 1.54) is 5.69 Å². The lowest BCUT2D eigenvalue weighted by Gasteiger charge is -2.20. The molecule has 1 aromatic rings. The van der Waals surface area contributed by atoms with Crippen molar-refractivity contribution in [1.29, 1.82) is 5.41 Å². The van der Waals surface area contributed by atoms with Gasteiger partial charge in [-0.15, -0.1) is 0 Å². The van der Waals surface area contributed by atoms with Crippen LogP contribution >= 0.6 is 0 Å². The number of rotatable bonds is 8. The minimum absolute atomic E-state index is 0.256. The van der Waals surface area contributed by atoms with Gasteiger partial charge in [-0.3, -0.25) is 15.0 Å². The fourth-order valence-electron chi connectivity index (χ4n) is 1.95. The van der Waals surface area contributed by atoms with E-state index in [1.807, 2.05) is 0 Å². The van der Waals surface area contributed by atoms with E-state index in [0.717, 1.165) is 38.3 Å². The third-order valence-electron chi connectivity index (χ3n) is 3.11. The Kier molecular flexibility index (Phi) is 5.85. The molecule has 0 fully saturated rings. The van der Waals surface area contributed by atoms with Crippen LogP contribution < -0.4 is 5.73 Å². The van der Waals surface area contributed by atoms with E-state index < -0.39 is 0 Å². The molecule has 0 saturated heterocycles. The number of nitrogens with two attached hydrogens (primary N) is 1. The van der Waals surface area contributed by atoms with Crippen LogP contribution in [0.3, 0.4) is 0 Å². The molecular formula is C13H25N5. The predicted molar refractivity (Wildman–Crippen MR) is 74.8 cm³/mol. The summed E-state index contributed by atoms with van der Waals surface area (Å²) in [6, 6.07) is 2.18. The maximum absolute atomic E-state index is 7.29. The van der Waals surface area contributed by atoms with Crippen molar-refractivity contribution in [3.05, 3.63) is 17.5 Å². The Morgan fingerprint density at radius 2 is 2.17 bits per heavy atom. The predicted octanol–water partition coefficient (Wildman–Crippen LogP) is 1.61. The van der Waals surface area contributed by atoms with Gasteiger partial charge in [0.05, 0.1) is 17.2 Å². The van der Waals surface area contributed by atoms with Crippen molar-refractivity contribution in [2.45, 2.75) is 46.7 Å². The van der Waals surface area contributed by atoms with Gasteiger partial charge in [0.25, 0.3) is 0 Å². The van der Waals surface area contributed by atoms with Gasteiger partial charge in [0.15, 0.2) is 0 Å². The lowest BCUT2D eigenvalue weighted by atomic mass is 10.2. The Morgan fingerprint density at radius 1 is 1.44 bits per heavy atom. The maximum atomic E-state index is 7.29. The normalized spacial score (nSPS) is 11.1. The number of aromatic nitrogens is 2.